The molecule has 0 radical (unpaired) electrons. The summed E-state index contributed by atoms with van der Waals surface area (Å²) >= 11 is 0. The van der Waals surface area contributed by atoms with Crippen LogP contribution in [0.2, 0.25) is 0 Å². The van der Waals surface area contributed by atoms with Gasteiger partial charge in [0.15, 0.2) is 11.5 Å². The second-order valence-corrected chi connectivity index (χ2v) is 6.66. The Bertz CT molecular complexity index is 987. The van der Waals surface area contributed by atoms with Gasteiger partial charge in [-0.1, -0.05) is 24.8 Å². The molecule has 156 valence electrons. The van der Waals surface area contributed by atoms with E-state index in [-0.39, 0.29) is 0 Å². The summed E-state index contributed by atoms with van der Waals surface area (Å²) in [4.78, 5) is 25.4. The molecule has 0 saturated carbocycles. The van der Waals surface area contributed by atoms with Gasteiger partial charge in [0.1, 0.15) is 17.9 Å². The summed E-state index contributed by atoms with van der Waals surface area (Å²) in [6, 6.07) is 11.5. The molecule has 3 amide bonds. The van der Waals surface area contributed by atoms with E-state index in [9.17, 15) is 9.59 Å². The number of hydrogen-bond acceptors (Lipinski definition) is 6. The van der Waals surface area contributed by atoms with Gasteiger partial charge < -0.3 is 19.5 Å². The largest absolute Gasteiger partial charge is 0.497 e. The zero-order valence-corrected chi connectivity index (χ0v) is 17.0. The van der Waals surface area contributed by atoms with E-state index in [0.717, 1.165) is 5.01 Å². The van der Waals surface area contributed by atoms with Crippen molar-refractivity contribution in [3.8, 4) is 17.2 Å². The molecule has 2 aromatic rings. The second kappa shape index (κ2) is 8.69. The van der Waals surface area contributed by atoms with Crippen molar-refractivity contribution < 1.29 is 23.8 Å². The molecule has 0 aromatic heterocycles. The number of carbonyl (C=O) groups is 2. The van der Waals surface area contributed by atoms with E-state index < -0.39 is 17.5 Å². The first-order valence-electron chi connectivity index (χ1n) is 9.20. The lowest BCUT2D eigenvalue weighted by Crippen LogP contribution is -2.40. The Morgan fingerprint density at radius 3 is 2.47 bits per heavy atom. The maximum absolute atomic E-state index is 13.0. The van der Waals surface area contributed by atoms with Gasteiger partial charge >= 0.3 is 6.03 Å². The average molecular weight is 409 g/mol. The Balaban J connectivity index is 1.81. The monoisotopic (exact) mass is 409 g/mol. The van der Waals surface area contributed by atoms with Crippen molar-refractivity contribution in [2.24, 2.45) is 5.10 Å². The lowest BCUT2D eigenvalue weighted by atomic mass is 9.92. The topological polar surface area (TPSA) is 89.5 Å². The molecule has 1 N–H and O–H groups in total. The van der Waals surface area contributed by atoms with Gasteiger partial charge in [-0.15, -0.1) is 5.01 Å². The van der Waals surface area contributed by atoms with Gasteiger partial charge in [0.05, 0.1) is 20.4 Å². The highest BCUT2D eigenvalue weighted by Gasteiger charge is 2.49. The molecule has 1 atom stereocenters. The number of amides is 3. The van der Waals surface area contributed by atoms with Gasteiger partial charge in [0, 0.05) is 0 Å². The molecule has 0 spiro atoms. The van der Waals surface area contributed by atoms with Gasteiger partial charge in [-0.05, 0) is 48.4 Å². The zero-order chi connectivity index (χ0) is 21.7. The molecular weight excluding hydrogens is 386 g/mol. The van der Waals surface area contributed by atoms with Crippen LogP contribution >= 0.6 is 0 Å². The fourth-order valence-corrected chi connectivity index (χ4v) is 3.01. The molecule has 3 rings (SSSR count). The standard InChI is InChI=1S/C22H23N3O5/c1-5-12-30-18-11-6-15(13-19(18)29-4)14-23-25-20(26)22(2,24-21(25)27)16-7-9-17(28-3)10-8-16/h5-11,13-14H,1,12H2,2-4H3,(H,24,27)/b23-14-/t22-/m0/s1. The lowest BCUT2D eigenvalue weighted by Gasteiger charge is -2.21. The lowest BCUT2D eigenvalue weighted by molar-refractivity contribution is -0.131. The average Bonchev–Trinajstić information content (AvgIpc) is 2.99. The first kappa shape index (κ1) is 20.9. The van der Waals surface area contributed by atoms with Crippen molar-refractivity contribution >= 4 is 18.2 Å². The molecule has 0 unspecified atom stereocenters. The highest BCUT2D eigenvalue weighted by atomic mass is 16.5. The van der Waals surface area contributed by atoms with Crippen molar-refractivity contribution in [2.75, 3.05) is 20.8 Å². The Morgan fingerprint density at radius 2 is 1.83 bits per heavy atom. The van der Waals surface area contributed by atoms with E-state index in [1.807, 2.05) is 0 Å². The molecule has 8 heteroatoms. The maximum atomic E-state index is 13.0. The molecule has 0 aliphatic carbocycles. The Hall–Kier alpha value is -3.81. The number of ether oxygens (including phenoxy) is 3. The van der Waals surface area contributed by atoms with Crippen LogP contribution in [0.5, 0.6) is 17.2 Å². The van der Waals surface area contributed by atoms with Gasteiger partial charge in [0.2, 0.25) is 0 Å². The summed E-state index contributed by atoms with van der Waals surface area (Å²) in [7, 11) is 3.08. The number of rotatable bonds is 8. The van der Waals surface area contributed by atoms with E-state index in [0.29, 0.717) is 35.0 Å². The van der Waals surface area contributed by atoms with Crippen LogP contribution in [0.3, 0.4) is 0 Å². The number of carbonyl (C=O) groups excluding carboxylic acids is 2. The third-order valence-electron chi connectivity index (χ3n) is 4.70. The van der Waals surface area contributed by atoms with Gasteiger partial charge in [-0.3, -0.25) is 4.79 Å². The van der Waals surface area contributed by atoms with Crippen LogP contribution in [0, 0.1) is 0 Å². The van der Waals surface area contributed by atoms with Crippen LogP contribution in [0.4, 0.5) is 4.79 Å². The normalized spacial score (nSPS) is 18.4. The molecule has 1 aliphatic heterocycles. The van der Waals surface area contributed by atoms with E-state index >= 15 is 0 Å². The molecule has 1 heterocycles. The van der Waals surface area contributed by atoms with Gasteiger partial charge in [0.25, 0.3) is 5.91 Å². The predicted octanol–water partition coefficient (Wildman–Crippen LogP) is 3.07. The summed E-state index contributed by atoms with van der Waals surface area (Å²) in [5.74, 6) is 1.23. The van der Waals surface area contributed by atoms with Crippen LogP contribution in [-0.4, -0.2) is 44.0 Å². The number of nitrogens with zero attached hydrogens (tertiary/aromatic N) is 2. The summed E-state index contributed by atoms with van der Waals surface area (Å²) in [6.45, 7) is 5.59. The highest BCUT2D eigenvalue weighted by molar-refractivity contribution is 6.07. The van der Waals surface area contributed by atoms with Crippen molar-refractivity contribution in [1.29, 1.82) is 0 Å². The van der Waals surface area contributed by atoms with Gasteiger partial charge in [-0.25, -0.2) is 4.79 Å². The maximum Gasteiger partial charge on any atom is 0.346 e. The minimum Gasteiger partial charge on any atom is -0.497 e. The minimum absolute atomic E-state index is 0.343. The van der Waals surface area contributed by atoms with Crippen LogP contribution in [0.25, 0.3) is 0 Å². The highest BCUT2D eigenvalue weighted by Crippen LogP contribution is 2.31. The number of benzene rings is 2. The Labute approximate surface area is 174 Å². The smallest absolute Gasteiger partial charge is 0.346 e. The van der Waals surface area contributed by atoms with Crippen LogP contribution in [0.15, 0.2) is 60.2 Å². The molecule has 8 nitrogen and oxygen atoms in total. The van der Waals surface area contributed by atoms with Crippen LogP contribution in [-0.2, 0) is 10.3 Å². The first-order valence-corrected chi connectivity index (χ1v) is 9.20. The fourth-order valence-electron chi connectivity index (χ4n) is 3.01. The number of methoxy groups -OCH3 is 2. The minimum atomic E-state index is -1.22. The molecule has 30 heavy (non-hydrogen) atoms. The summed E-state index contributed by atoms with van der Waals surface area (Å²) in [5, 5.41) is 7.61. The van der Waals surface area contributed by atoms with E-state index in [2.05, 4.69) is 17.0 Å². The summed E-state index contributed by atoms with van der Waals surface area (Å²) in [6.07, 6.45) is 3.04. The van der Waals surface area contributed by atoms with Crippen molar-refractivity contribution in [3.63, 3.8) is 0 Å². The SMILES string of the molecule is C=CCOc1ccc(/C=N\N2C(=O)N[C@@](C)(c3ccc(OC)cc3)C2=O)cc1OC. The summed E-state index contributed by atoms with van der Waals surface area (Å²) < 4.78 is 16.0. The van der Waals surface area contributed by atoms with E-state index in [4.69, 9.17) is 14.2 Å². The quantitative estimate of drug-likeness (QED) is 0.411. The number of urea groups is 1. The van der Waals surface area contributed by atoms with Gasteiger partial charge in [-0.2, -0.15) is 5.10 Å². The molecule has 2 aromatic carbocycles. The zero-order valence-electron chi connectivity index (χ0n) is 17.0. The van der Waals surface area contributed by atoms with E-state index in [1.54, 1.807) is 62.6 Å². The van der Waals surface area contributed by atoms with Crippen molar-refractivity contribution in [3.05, 3.63) is 66.2 Å². The Kier molecular flexibility index (Phi) is 6.06. The molecule has 1 saturated heterocycles. The molecule has 1 aliphatic rings. The Morgan fingerprint density at radius 1 is 1.10 bits per heavy atom. The third kappa shape index (κ3) is 3.98. The fraction of sp³-hybridized carbons (Fsp3) is 0.227. The number of hydrogen-bond donors (Lipinski definition) is 1. The number of nitrogens with one attached hydrogen (secondary N) is 1. The first-order chi connectivity index (χ1) is 14.4. The van der Waals surface area contributed by atoms with Crippen molar-refractivity contribution in [2.45, 2.75) is 12.5 Å². The van der Waals surface area contributed by atoms with E-state index in [1.165, 1.54) is 13.3 Å². The number of imide groups is 1. The number of hydrazone groups is 1. The van der Waals surface area contributed by atoms with Crippen LogP contribution in [0.1, 0.15) is 18.1 Å². The molecule has 0 bridgehead atoms. The van der Waals surface area contributed by atoms with Crippen LogP contribution < -0.4 is 19.5 Å². The second-order valence-electron chi connectivity index (χ2n) is 6.66. The summed E-state index contributed by atoms with van der Waals surface area (Å²) in [5.41, 5.74) is 0.0435. The molecular formula is C22H23N3O5. The van der Waals surface area contributed by atoms with Crippen molar-refractivity contribution in [1.82, 2.24) is 10.3 Å². The third-order valence-corrected chi connectivity index (χ3v) is 4.70. The molecule has 1 fully saturated rings. The predicted molar refractivity (Wildman–Crippen MR) is 112 cm³/mol.